The number of H-pyrrole nitrogens is 1. The van der Waals surface area contributed by atoms with Crippen molar-refractivity contribution in [3.8, 4) is 17.1 Å². The molecule has 4 aromatic rings. The topological polar surface area (TPSA) is 173 Å². The molecule has 0 bridgehead atoms. The molecule has 55 heavy (non-hydrogen) atoms. The number of amides is 1. The first kappa shape index (κ1) is 41.0. The molecule has 1 saturated heterocycles. The maximum atomic E-state index is 13.0. The highest BCUT2D eigenvalue weighted by atomic mass is 16.6. The maximum Gasteiger partial charge on any atom is 0.410 e. The van der Waals surface area contributed by atoms with Gasteiger partial charge in [0.2, 0.25) is 0 Å². The SMILES string of the molecule is C[C@@H](Nc1cccc(NC2(c3nnc(-c4ccncc4)[nH]3)CCN(C(=O)OC(C)(C)C)CC2)c1)c1cccc(OCCCCCOCCCOCC(=O)O)c1. The van der Waals surface area contributed by atoms with Gasteiger partial charge in [0.25, 0.3) is 0 Å². The molecule has 14 nitrogen and oxygen atoms in total. The van der Waals surface area contributed by atoms with Gasteiger partial charge in [0, 0.05) is 68.3 Å². The lowest BCUT2D eigenvalue weighted by Gasteiger charge is -2.41. The molecule has 0 saturated carbocycles. The van der Waals surface area contributed by atoms with Crippen LogP contribution in [0.25, 0.3) is 11.4 Å². The number of rotatable bonds is 20. The van der Waals surface area contributed by atoms with Crippen LogP contribution in [0.3, 0.4) is 0 Å². The Morgan fingerprint density at radius 1 is 0.891 bits per heavy atom. The van der Waals surface area contributed by atoms with Gasteiger partial charge in [0.05, 0.1) is 6.61 Å². The molecule has 14 heteroatoms. The lowest BCUT2D eigenvalue weighted by atomic mass is 9.86. The van der Waals surface area contributed by atoms with Gasteiger partial charge in [0.1, 0.15) is 23.5 Å². The third kappa shape index (κ3) is 13.0. The highest BCUT2D eigenvalue weighted by Crippen LogP contribution is 2.37. The Morgan fingerprint density at radius 3 is 2.36 bits per heavy atom. The molecule has 3 heterocycles. The number of carboxylic acids is 1. The van der Waals surface area contributed by atoms with Crippen LogP contribution in [0.15, 0.2) is 73.1 Å². The molecule has 1 atom stereocenters. The van der Waals surface area contributed by atoms with Crippen molar-refractivity contribution < 1.29 is 33.6 Å². The first-order valence-electron chi connectivity index (χ1n) is 19.1. The van der Waals surface area contributed by atoms with E-state index in [-0.39, 0.29) is 18.7 Å². The van der Waals surface area contributed by atoms with Crippen molar-refractivity contribution in [3.05, 3.63) is 84.4 Å². The zero-order valence-corrected chi connectivity index (χ0v) is 32.4. The number of anilines is 2. The van der Waals surface area contributed by atoms with Gasteiger partial charge in [-0.15, -0.1) is 10.2 Å². The highest BCUT2D eigenvalue weighted by molar-refractivity contribution is 5.69. The molecule has 0 spiro atoms. The molecule has 4 N–H and O–H groups in total. The van der Waals surface area contributed by atoms with Crippen LogP contribution >= 0.6 is 0 Å². The zero-order chi connectivity index (χ0) is 39.1. The first-order valence-corrected chi connectivity index (χ1v) is 19.1. The number of likely N-dealkylation sites (tertiary alicyclic amines) is 1. The summed E-state index contributed by atoms with van der Waals surface area (Å²) in [5.41, 5.74) is 2.68. The van der Waals surface area contributed by atoms with E-state index >= 15 is 0 Å². The van der Waals surface area contributed by atoms with Crippen molar-refractivity contribution in [3.63, 3.8) is 0 Å². The second kappa shape index (κ2) is 19.9. The second-order valence-electron chi connectivity index (χ2n) is 14.8. The Hall–Kier alpha value is -5.21. The number of pyridine rings is 1. The number of ether oxygens (including phenoxy) is 4. The zero-order valence-electron chi connectivity index (χ0n) is 32.4. The molecule has 1 aliphatic rings. The number of hydrogen-bond donors (Lipinski definition) is 4. The summed E-state index contributed by atoms with van der Waals surface area (Å²) in [5, 5.41) is 25.1. The van der Waals surface area contributed by atoms with E-state index < -0.39 is 17.1 Å². The van der Waals surface area contributed by atoms with Crippen molar-refractivity contribution in [1.82, 2.24) is 25.1 Å². The first-order chi connectivity index (χ1) is 26.5. The number of nitrogens with zero attached hydrogens (tertiary/aromatic N) is 4. The van der Waals surface area contributed by atoms with Crippen molar-refractivity contribution in [2.24, 2.45) is 0 Å². The average molecular weight is 758 g/mol. The minimum absolute atomic E-state index is 0.00805. The number of aromatic amines is 1. The van der Waals surface area contributed by atoms with Crippen LogP contribution in [-0.2, 0) is 24.5 Å². The highest BCUT2D eigenvalue weighted by Gasteiger charge is 2.41. The van der Waals surface area contributed by atoms with Gasteiger partial charge in [-0.1, -0.05) is 18.2 Å². The Morgan fingerprint density at radius 2 is 1.60 bits per heavy atom. The normalized spacial score (nSPS) is 14.6. The molecule has 1 aliphatic heterocycles. The fourth-order valence-electron chi connectivity index (χ4n) is 6.30. The molecule has 5 rings (SSSR count). The summed E-state index contributed by atoms with van der Waals surface area (Å²) < 4.78 is 22.4. The Balaban J connectivity index is 1.15. The van der Waals surface area contributed by atoms with Crippen LogP contribution in [0.1, 0.15) is 83.6 Å². The van der Waals surface area contributed by atoms with E-state index in [1.54, 1.807) is 17.3 Å². The van der Waals surface area contributed by atoms with E-state index in [2.05, 4.69) is 55.9 Å². The van der Waals surface area contributed by atoms with Crippen molar-refractivity contribution in [2.75, 3.05) is 56.8 Å². The lowest BCUT2D eigenvalue weighted by molar-refractivity contribution is -0.142. The van der Waals surface area contributed by atoms with Crippen molar-refractivity contribution >= 4 is 23.4 Å². The number of aromatic nitrogens is 4. The standard InChI is InChI=1S/C41H55N7O7/c1-30(32-11-8-14-35(27-32)54-26-7-5-6-23-52-24-10-25-53-29-36(49)50)43-33-12-9-13-34(28-33)45-41(17-21-48(22-18-41)39(51)55-40(2,3)4)38-44-37(46-47-38)31-15-19-42-20-16-31/h8-9,11-16,19-20,27-28,30,43,45H,5-7,10,17-18,21-26,29H2,1-4H3,(H,49,50)(H,44,46,47)/t30-/m1/s1. The number of piperidine rings is 1. The van der Waals surface area contributed by atoms with E-state index in [0.29, 0.717) is 70.4 Å². The van der Waals surface area contributed by atoms with E-state index in [4.69, 9.17) is 24.1 Å². The van der Waals surface area contributed by atoms with Crippen LogP contribution in [0.5, 0.6) is 5.75 Å². The molecular formula is C41H55N7O7. The molecule has 2 aromatic heterocycles. The van der Waals surface area contributed by atoms with Crippen molar-refractivity contribution in [2.45, 2.75) is 83.4 Å². The van der Waals surface area contributed by atoms with Gasteiger partial charge < -0.3 is 44.6 Å². The average Bonchev–Trinajstić information content (AvgIpc) is 3.67. The summed E-state index contributed by atoms with van der Waals surface area (Å²) in [6.45, 7) is 10.7. The van der Waals surface area contributed by atoms with Gasteiger partial charge in [-0.25, -0.2) is 9.59 Å². The molecule has 0 radical (unpaired) electrons. The monoisotopic (exact) mass is 757 g/mol. The van der Waals surface area contributed by atoms with Crippen LogP contribution in [0.2, 0.25) is 0 Å². The Bertz CT molecular complexity index is 1790. The number of hydrogen-bond acceptors (Lipinski definition) is 11. The minimum Gasteiger partial charge on any atom is -0.494 e. The second-order valence-corrected chi connectivity index (χ2v) is 14.8. The molecular weight excluding hydrogens is 702 g/mol. The van der Waals surface area contributed by atoms with Gasteiger partial charge in [-0.3, -0.25) is 4.98 Å². The predicted molar refractivity (Wildman–Crippen MR) is 210 cm³/mol. The molecule has 0 aliphatic carbocycles. The fraction of sp³-hybridized carbons (Fsp3) is 0.488. The summed E-state index contributed by atoms with van der Waals surface area (Å²) in [7, 11) is 0. The largest absolute Gasteiger partial charge is 0.494 e. The predicted octanol–water partition coefficient (Wildman–Crippen LogP) is 7.44. The number of unbranched alkanes of at least 4 members (excludes halogenated alkanes) is 2. The van der Waals surface area contributed by atoms with Gasteiger partial charge in [-0.05, 0) is 114 Å². The third-order valence-electron chi connectivity index (χ3n) is 9.15. The molecule has 1 fully saturated rings. The number of aliphatic carboxylic acids is 1. The summed E-state index contributed by atoms with van der Waals surface area (Å²) >= 11 is 0. The number of carbonyl (C=O) groups excluding carboxylic acids is 1. The number of nitrogens with one attached hydrogen (secondary N) is 3. The smallest absolute Gasteiger partial charge is 0.410 e. The Labute approximate surface area is 323 Å². The maximum absolute atomic E-state index is 13.0. The van der Waals surface area contributed by atoms with Gasteiger partial charge in [0.15, 0.2) is 11.6 Å². The molecule has 1 amide bonds. The quantitative estimate of drug-likeness (QED) is 0.0658. The lowest BCUT2D eigenvalue weighted by Crippen LogP contribution is -2.50. The van der Waals surface area contributed by atoms with Gasteiger partial charge in [-0.2, -0.15) is 0 Å². The van der Waals surface area contributed by atoms with Crippen LogP contribution in [0, 0.1) is 0 Å². The summed E-state index contributed by atoms with van der Waals surface area (Å²) in [6.07, 6.45) is 7.85. The summed E-state index contributed by atoms with van der Waals surface area (Å²) in [5.74, 6) is 1.23. The minimum atomic E-state index is -0.959. The van der Waals surface area contributed by atoms with Crippen LogP contribution < -0.4 is 15.4 Å². The number of benzene rings is 2. The fourth-order valence-corrected chi connectivity index (χ4v) is 6.30. The van der Waals surface area contributed by atoms with Crippen LogP contribution in [-0.4, -0.2) is 94.0 Å². The molecule has 0 unspecified atom stereocenters. The molecule has 296 valence electrons. The number of carboxylic acid groups (broad SMARTS) is 1. The van der Waals surface area contributed by atoms with Crippen LogP contribution in [0.4, 0.5) is 16.2 Å². The summed E-state index contributed by atoms with van der Waals surface area (Å²) in [6, 6.07) is 20.2. The van der Waals surface area contributed by atoms with E-state index in [1.165, 1.54) is 0 Å². The van der Waals surface area contributed by atoms with Crippen molar-refractivity contribution in [1.29, 1.82) is 0 Å². The van der Waals surface area contributed by atoms with E-state index in [9.17, 15) is 9.59 Å². The Kier molecular flexibility index (Phi) is 14.8. The summed E-state index contributed by atoms with van der Waals surface area (Å²) in [4.78, 5) is 32.7. The van der Waals surface area contributed by atoms with E-state index in [0.717, 1.165) is 47.5 Å². The number of carbonyl (C=O) groups is 2. The van der Waals surface area contributed by atoms with E-state index in [1.807, 2.05) is 63.2 Å². The third-order valence-corrected chi connectivity index (χ3v) is 9.15. The molecule has 2 aromatic carbocycles. The van der Waals surface area contributed by atoms with Gasteiger partial charge >= 0.3 is 12.1 Å².